The molecule has 2 atom stereocenters. The molecule has 0 amide bonds. The molecule has 2 saturated heterocycles. The number of pyridine rings is 1. The van der Waals surface area contributed by atoms with Crippen molar-refractivity contribution in [1.29, 1.82) is 0 Å². The smallest absolute Gasteiger partial charge is 0.217 e. The van der Waals surface area contributed by atoms with E-state index in [4.69, 9.17) is 4.74 Å². The molecule has 23 heavy (non-hydrogen) atoms. The minimum absolute atomic E-state index is 0.128. The van der Waals surface area contributed by atoms with Crippen LogP contribution in [0.25, 0.3) is 0 Å². The number of ether oxygens (including phenoxy) is 1. The Labute approximate surface area is 137 Å². The summed E-state index contributed by atoms with van der Waals surface area (Å²) in [6.45, 7) is 3.56. The third kappa shape index (κ3) is 3.15. The number of hydrogen-bond donors (Lipinski definition) is 0. The normalized spacial score (nSPS) is 30.1. The summed E-state index contributed by atoms with van der Waals surface area (Å²) in [7, 11) is -3.09. The molecule has 0 bridgehead atoms. The summed E-state index contributed by atoms with van der Waals surface area (Å²) in [6.07, 6.45) is 6.20. The molecule has 0 aromatic carbocycles. The number of piperidine rings is 1. The maximum Gasteiger partial charge on any atom is 0.217 e. The summed E-state index contributed by atoms with van der Waals surface area (Å²) in [5, 5.41) is -0.128. The van der Waals surface area contributed by atoms with Crippen molar-refractivity contribution in [3.8, 4) is 0 Å². The minimum atomic E-state index is -3.09. The summed E-state index contributed by atoms with van der Waals surface area (Å²) in [5.74, 6) is 0. The Bertz CT molecular complexity index is 648. The van der Waals surface area contributed by atoms with Crippen molar-refractivity contribution < 1.29 is 13.2 Å². The van der Waals surface area contributed by atoms with Gasteiger partial charge in [-0.1, -0.05) is 0 Å². The molecule has 6 nitrogen and oxygen atoms in total. The molecule has 7 heteroatoms. The standard InChI is InChI=1S/C16H23N3O3S/c20-23(21,14-1-2-14)19-8-5-16-15(12-19)18(9-10-22-16)11-13-3-6-17-7-4-13/h3-4,6-7,14-16H,1-2,5,8-12H2/t15-,16-/m0/s1. The fourth-order valence-corrected chi connectivity index (χ4v) is 5.51. The maximum atomic E-state index is 12.5. The number of rotatable bonds is 4. The largest absolute Gasteiger partial charge is 0.375 e. The van der Waals surface area contributed by atoms with E-state index in [9.17, 15) is 8.42 Å². The van der Waals surface area contributed by atoms with E-state index in [0.29, 0.717) is 13.1 Å². The van der Waals surface area contributed by atoms with Gasteiger partial charge in [0, 0.05) is 38.6 Å². The van der Waals surface area contributed by atoms with Crippen LogP contribution in [0, 0.1) is 0 Å². The molecule has 1 saturated carbocycles. The van der Waals surface area contributed by atoms with Crippen LogP contribution in [0.5, 0.6) is 0 Å². The van der Waals surface area contributed by atoms with Crippen LogP contribution in [-0.2, 0) is 21.3 Å². The highest BCUT2D eigenvalue weighted by molar-refractivity contribution is 7.90. The molecule has 0 N–H and O–H groups in total. The van der Waals surface area contributed by atoms with Gasteiger partial charge in [0.05, 0.1) is 24.0 Å². The quantitative estimate of drug-likeness (QED) is 0.815. The summed E-state index contributed by atoms with van der Waals surface area (Å²) < 4.78 is 32.7. The second kappa shape index (κ2) is 6.12. The van der Waals surface area contributed by atoms with E-state index in [2.05, 4.69) is 9.88 Å². The fraction of sp³-hybridized carbons (Fsp3) is 0.688. The van der Waals surface area contributed by atoms with Gasteiger partial charge in [0.25, 0.3) is 0 Å². The van der Waals surface area contributed by atoms with Crippen LogP contribution in [-0.4, -0.2) is 66.2 Å². The van der Waals surface area contributed by atoms with Crippen molar-refractivity contribution in [1.82, 2.24) is 14.2 Å². The van der Waals surface area contributed by atoms with E-state index < -0.39 is 10.0 Å². The number of aromatic nitrogens is 1. The lowest BCUT2D eigenvalue weighted by molar-refractivity contribution is -0.0959. The third-order valence-electron chi connectivity index (χ3n) is 5.10. The van der Waals surface area contributed by atoms with E-state index in [1.165, 1.54) is 5.56 Å². The zero-order valence-electron chi connectivity index (χ0n) is 13.2. The van der Waals surface area contributed by atoms with Crippen LogP contribution in [0.3, 0.4) is 0 Å². The summed E-state index contributed by atoms with van der Waals surface area (Å²) in [4.78, 5) is 6.43. The van der Waals surface area contributed by atoms with E-state index >= 15 is 0 Å². The molecule has 0 unspecified atom stereocenters. The third-order valence-corrected chi connectivity index (χ3v) is 7.47. The predicted molar refractivity (Wildman–Crippen MR) is 86.3 cm³/mol. The maximum absolute atomic E-state index is 12.5. The van der Waals surface area contributed by atoms with Gasteiger partial charge in [-0.05, 0) is 37.0 Å². The molecule has 1 aromatic heterocycles. The van der Waals surface area contributed by atoms with Gasteiger partial charge in [0.15, 0.2) is 0 Å². The monoisotopic (exact) mass is 337 g/mol. The van der Waals surface area contributed by atoms with Gasteiger partial charge in [-0.3, -0.25) is 9.88 Å². The average Bonchev–Trinajstić information content (AvgIpc) is 3.41. The number of nitrogens with zero attached hydrogens (tertiary/aromatic N) is 3. The van der Waals surface area contributed by atoms with Crippen molar-refractivity contribution in [2.24, 2.45) is 0 Å². The topological polar surface area (TPSA) is 62.7 Å². The van der Waals surface area contributed by atoms with Crippen molar-refractivity contribution >= 4 is 10.0 Å². The molecule has 1 aromatic rings. The number of morpholine rings is 1. The van der Waals surface area contributed by atoms with Crippen LogP contribution < -0.4 is 0 Å². The van der Waals surface area contributed by atoms with Gasteiger partial charge in [-0.15, -0.1) is 0 Å². The highest BCUT2D eigenvalue weighted by atomic mass is 32.2. The zero-order valence-corrected chi connectivity index (χ0v) is 14.0. The molecule has 4 rings (SSSR count). The Morgan fingerprint density at radius 2 is 1.96 bits per heavy atom. The number of fused-ring (bicyclic) bond motifs is 1. The predicted octanol–water partition coefficient (Wildman–Crippen LogP) is 0.849. The van der Waals surface area contributed by atoms with E-state index in [1.54, 1.807) is 16.7 Å². The zero-order chi connectivity index (χ0) is 15.9. The Hall–Kier alpha value is -1.02. The van der Waals surface area contributed by atoms with Crippen LogP contribution in [0.15, 0.2) is 24.5 Å². The summed E-state index contributed by atoms with van der Waals surface area (Å²) in [5.41, 5.74) is 1.21. The Balaban J connectivity index is 1.50. The molecule has 0 radical (unpaired) electrons. The second-order valence-corrected chi connectivity index (χ2v) is 8.91. The van der Waals surface area contributed by atoms with Crippen molar-refractivity contribution in [3.63, 3.8) is 0 Å². The van der Waals surface area contributed by atoms with Gasteiger partial charge in [-0.25, -0.2) is 8.42 Å². The van der Waals surface area contributed by atoms with Gasteiger partial charge in [0.1, 0.15) is 0 Å². The molecule has 3 heterocycles. The first kappa shape index (κ1) is 15.5. The van der Waals surface area contributed by atoms with Crippen molar-refractivity contribution in [2.75, 3.05) is 26.2 Å². The summed E-state index contributed by atoms with van der Waals surface area (Å²) in [6, 6.07) is 4.19. The molecule has 3 fully saturated rings. The molecular formula is C16H23N3O3S. The molecular weight excluding hydrogens is 314 g/mol. The van der Waals surface area contributed by atoms with E-state index in [1.807, 2.05) is 12.1 Å². The van der Waals surface area contributed by atoms with Gasteiger partial charge in [-0.2, -0.15) is 4.31 Å². The fourth-order valence-electron chi connectivity index (χ4n) is 3.64. The lowest BCUT2D eigenvalue weighted by atomic mass is 9.99. The average molecular weight is 337 g/mol. The highest BCUT2D eigenvalue weighted by Crippen LogP contribution is 2.34. The van der Waals surface area contributed by atoms with Crippen LogP contribution in [0.1, 0.15) is 24.8 Å². The number of sulfonamides is 1. The summed E-state index contributed by atoms with van der Waals surface area (Å²) >= 11 is 0. The van der Waals surface area contributed by atoms with Crippen molar-refractivity contribution in [3.05, 3.63) is 30.1 Å². The van der Waals surface area contributed by atoms with Gasteiger partial charge < -0.3 is 4.74 Å². The first-order chi connectivity index (χ1) is 11.1. The first-order valence-corrected chi connectivity index (χ1v) is 9.88. The van der Waals surface area contributed by atoms with E-state index in [0.717, 1.165) is 39.0 Å². The molecule has 126 valence electrons. The lowest BCUT2D eigenvalue weighted by Gasteiger charge is -2.46. The molecule has 3 aliphatic rings. The molecule has 1 aliphatic carbocycles. The Morgan fingerprint density at radius 3 is 2.70 bits per heavy atom. The first-order valence-electron chi connectivity index (χ1n) is 8.38. The van der Waals surface area contributed by atoms with Crippen LogP contribution >= 0.6 is 0 Å². The second-order valence-electron chi connectivity index (χ2n) is 6.69. The molecule has 2 aliphatic heterocycles. The SMILES string of the molecule is O=S(=O)(C1CC1)N1CC[C@@H]2OCCN(Cc3ccncc3)[C@H]2C1. The number of hydrogen-bond acceptors (Lipinski definition) is 5. The Kier molecular flexibility index (Phi) is 4.13. The van der Waals surface area contributed by atoms with Gasteiger partial charge >= 0.3 is 0 Å². The van der Waals surface area contributed by atoms with Gasteiger partial charge in [0.2, 0.25) is 10.0 Å². The van der Waals surface area contributed by atoms with E-state index in [-0.39, 0.29) is 17.4 Å². The van der Waals surface area contributed by atoms with Crippen LogP contribution in [0.2, 0.25) is 0 Å². The molecule has 0 spiro atoms. The Morgan fingerprint density at radius 1 is 1.17 bits per heavy atom. The van der Waals surface area contributed by atoms with Crippen LogP contribution in [0.4, 0.5) is 0 Å². The van der Waals surface area contributed by atoms with Crippen molar-refractivity contribution in [2.45, 2.75) is 43.2 Å². The highest BCUT2D eigenvalue weighted by Gasteiger charge is 2.45. The minimum Gasteiger partial charge on any atom is -0.375 e. The lowest BCUT2D eigenvalue weighted by Crippen LogP contribution is -2.60.